The molecule has 1 nitrogen and oxygen atoms in total. The Morgan fingerprint density at radius 3 is 1.56 bits per heavy atom. The van der Waals surface area contributed by atoms with Gasteiger partial charge in [-0.2, -0.15) is 0 Å². The number of nitrogens with two attached hydrogens (primary N) is 1. The van der Waals surface area contributed by atoms with Gasteiger partial charge in [0.15, 0.2) is 0 Å². The molecule has 0 heterocycles. The molecule has 0 saturated heterocycles. The summed E-state index contributed by atoms with van der Waals surface area (Å²) in [5, 5.41) is 0. The van der Waals surface area contributed by atoms with Crippen molar-refractivity contribution in [2.45, 2.75) is 32.7 Å². The van der Waals surface area contributed by atoms with Crippen LogP contribution < -0.4 is 5.73 Å². The van der Waals surface area contributed by atoms with Crippen LogP contribution in [0.15, 0.2) is 48.5 Å². The Kier molecular flexibility index (Phi) is 4.16. The third-order valence-corrected chi connectivity index (χ3v) is 3.30. The van der Waals surface area contributed by atoms with Gasteiger partial charge in [0.1, 0.15) is 0 Å². The van der Waals surface area contributed by atoms with Crippen LogP contribution in [0.4, 0.5) is 0 Å². The summed E-state index contributed by atoms with van der Waals surface area (Å²) in [4.78, 5) is 0. The highest BCUT2D eigenvalue weighted by molar-refractivity contribution is 5.32. The van der Waals surface area contributed by atoms with Crippen molar-refractivity contribution in [3.63, 3.8) is 0 Å². The highest BCUT2D eigenvalue weighted by Crippen LogP contribution is 2.19. The SMILES string of the molecule is Cc1ccc(C)cc1.NC1Cc2ccccc2C1. The van der Waals surface area contributed by atoms with Gasteiger partial charge in [-0.1, -0.05) is 59.7 Å². The maximum Gasteiger partial charge on any atom is 0.0120 e. The fourth-order valence-corrected chi connectivity index (χ4v) is 2.23. The minimum absolute atomic E-state index is 0.373. The molecule has 1 heteroatoms. The summed E-state index contributed by atoms with van der Waals surface area (Å²) in [5.41, 5.74) is 11.3. The second kappa shape index (κ2) is 5.83. The summed E-state index contributed by atoms with van der Waals surface area (Å²) in [6.45, 7) is 4.19. The average Bonchev–Trinajstić information content (AvgIpc) is 2.74. The van der Waals surface area contributed by atoms with E-state index in [1.807, 2.05) is 0 Å². The largest absolute Gasteiger partial charge is 0.327 e. The lowest BCUT2D eigenvalue weighted by molar-refractivity contribution is 0.721. The van der Waals surface area contributed by atoms with E-state index in [1.165, 1.54) is 22.3 Å². The Bertz CT molecular complexity index is 453. The maximum atomic E-state index is 5.78. The Labute approximate surface area is 110 Å². The fourth-order valence-electron chi connectivity index (χ4n) is 2.23. The lowest BCUT2D eigenvalue weighted by Crippen LogP contribution is -2.18. The van der Waals surface area contributed by atoms with Crippen LogP contribution >= 0.6 is 0 Å². The standard InChI is InChI=1S/C9H11N.C8H10/c10-9-5-7-3-1-2-4-8(7)6-9;1-7-3-5-8(2)6-4-7/h1-4,9H,5-6,10H2;3-6H,1-2H3. The average molecular weight is 239 g/mol. The summed E-state index contributed by atoms with van der Waals surface area (Å²) in [7, 11) is 0. The first-order valence-electron chi connectivity index (χ1n) is 6.51. The molecule has 0 saturated carbocycles. The second-order valence-corrected chi connectivity index (χ2v) is 5.09. The van der Waals surface area contributed by atoms with E-state index in [4.69, 9.17) is 5.73 Å². The molecule has 0 fully saturated rings. The third kappa shape index (κ3) is 3.44. The molecular weight excluding hydrogens is 218 g/mol. The van der Waals surface area contributed by atoms with E-state index in [9.17, 15) is 0 Å². The molecule has 0 aromatic heterocycles. The minimum Gasteiger partial charge on any atom is -0.327 e. The molecular formula is C17H21N. The lowest BCUT2D eigenvalue weighted by Gasteiger charge is -1.94. The van der Waals surface area contributed by atoms with E-state index in [0.29, 0.717) is 6.04 Å². The summed E-state index contributed by atoms with van der Waals surface area (Å²) < 4.78 is 0. The monoisotopic (exact) mass is 239 g/mol. The van der Waals surface area contributed by atoms with Gasteiger partial charge in [-0.05, 0) is 37.8 Å². The summed E-state index contributed by atoms with van der Waals surface area (Å²) in [6.07, 6.45) is 2.13. The van der Waals surface area contributed by atoms with Crippen LogP contribution in [0.5, 0.6) is 0 Å². The normalized spacial score (nSPS) is 13.7. The van der Waals surface area contributed by atoms with Gasteiger partial charge in [-0.25, -0.2) is 0 Å². The number of hydrogen-bond donors (Lipinski definition) is 1. The third-order valence-electron chi connectivity index (χ3n) is 3.30. The predicted octanol–water partition coefficient (Wildman–Crippen LogP) is 3.42. The number of aryl methyl sites for hydroxylation is 2. The first-order chi connectivity index (χ1) is 8.65. The van der Waals surface area contributed by atoms with Gasteiger partial charge in [-0.15, -0.1) is 0 Å². The molecule has 0 atom stereocenters. The molecule has 3 rings (SSSR count). The number of hydrogen-bond acceptors (Lipinski definition) is 1. The zero-order valence-corrected chi connectivity index (χ0v) is 11.2. The van der Waals surface area contributed by atoms with Gasteiger partial charge in [0.05, 0.1) is 0 Å². The van der Waals surface area contributed by atoms with Crippen molar-refractivity contribution in [3.8, 4) is 0 Å². The highest BCUT2D eigenvalue weighted by atomic mass is 14.6. The Morgan fingerprint density at radius 2 is 1.17 bits per heavy atom. The molecule has 1 aliphatic carbocycles. The van der Waals surface area contributed by atoms with E-state index in [-0.39, 0.29) is 0 Å². The molecule has 2 N–H and O–H groups in total. The van der Waals surface area contributed by atoms with Crippen molar-refractivity contribution in [3.05, 3.63) is 70.8 Å². The molecule has 2 aromatic carbocycles. The fraction of sp³-hybridized carbons (Fsp3) is 0.294. The highest BCUT2D eigenvalue weighted by Gasteiger charge is 2.16. The Hall–Kier alpha value is -1.60. The molecule has 0 radical (unpaired) electrons. The van der Waals surface area contributed by atoms with E-state index in [2.05, 4.69) is 62.4 Å². The van der Waals surface area contributed by atoms with Crippen LogP contribution in [0.2, 0.25) is 0 Å². The van der Waals surface area contributed by atoms with Gasteiger partial charge in [0.25, 0.3) is 0 Å². The molecule has 0 amide bonds. The molecule has 0 unspecified atom stereocenters. The molecule has 1 aliphatic rings. The Morgan fingerprint density at radius 1 is 0.778 bits per heavy atom. The number of benzene rings is 2. The topological polar surface area (TPSA) is 26.0 Å². The second-order valence-electron chi connectivity index (χ2n) is 5.09. The van der Waals surface area contributed by atoms with Crippen LogP contribution in [0.25, 0.3) is 0 Å². The van der Waals surface area contributed by atoms with Gasteiger partial charge in [-0.3, -0.25) is 0 Å². The summed E-state index contributed by atoms with van der Waals surface area (Å²) in [5.74, 6) is 0. The van der Waals surface area contributed by atoms with E-state index in [0.717, 1.165) is 12.8 Å². The molecule has 0 bridgehead atoms. The summed E-state index contributed by atoms with van der Waals surface area (Å²) in [6, 6.07) is 17.4. The first kappa shape index (κ1) is 12.8. The van der Waals surface area contributed by atoms with Crippen molar-refractivity contribution in [2.75, 3.05) is 0 Å². The van der Waals surface area contributed by atoms with Gasteiger partial charge in [0, 0.05) is 6.04 Å². The first-order valence-corrected chi connectivity index (χ1v) is 6.51. The zero-order chi connectivity index (χ0) is 13.0. The van der Waals surface area contributed by atoms with E-state index in [1.54, 1.807) is 0 Å². The van der Waals surface area contributed by atoms with Gasteiger partial charge in [0.2, 0.25) is 0 Å². The predicted molar refractivity (Wildman–Crippen MR) is 77.7 cm³/mol. The zero-order valence-electron chi connectivity index (χ0n) is 11.2. The number of fused-ring (bicyclic) bond motifs is 1. The molecule has 0 spiro atoms. The van der Waals surface area contributed by atoms with Crippen LogP contribution in [-0.4, -0.2) is 6.04 Å². The molecule has 0 aliphatic heterocycles. The van der Waals surface area contributed by atoms with Crippen molar-refractivity contribution in [1.82, 2.24) is 0 Å². The van der Waals surface area contributed by atoms with Crippen LogP contribution in [0.1, 0.15) is 22.3 Å². The van der Waals surface area contributed by atoms with Crippen molar-refractivity contribution in [2.24, 2.45) is 5.73 Å². The quantitative estimate of drug-likeness (QED) is 0.749. The summed E-state index contributed by atoms with van der Waals surface area (Å²) >= 11 is 0. The van der Waals surface area contributed by atoms with Gasteiger partial charge >= 0.3 is 0 Å². The van der Waals surface area contributed by atoms with Crippen LogP contribution in [0.3, 0.4) is 0 Å². The molecule has 18 heavy (non-hydrogen) atoms. The minimum atomic E-state index is 0.373. The lowest BCUT2D eigenvalue weighted by atomic mass is 10.1. The van der Waals surface area contributed by atoms with Crippen molar-refractivity contribution >= 4 is 0 Å². The van der Waals surface area contributed by atoms with E-state index >= 15 is 0 Å². The molecule has 2 aromatic rings. The number of rotatable bonds is 0. The smallest absolute Gasteiger partial charge is 0.0120 e. The Balaban J connectivity index is 0.000000138. The van der Waals surface area contributed by atoms with Crippen LogP contribution in [-0.2, 0) is 12.8 Å². The van der Waals surface area contributed by atoms with E-state index < -0.39 is 0 Å². The molecule has 94 valence electrons. The van der Waals surface area contributed by atoms with Crippen molar-refractivity contribution in [1.29, 1.82) is 0 Å². The van der Waals surface area contributed by atoms with Gasteiger partial charge < -0.3 is 5.73 Å². The van der Waals surface area contributed by atoms with Crippen molar-refractivity contribution < 1.29 is 0 Å². The van der Waals surface area contributed by atoms with Crippen LogP contribution in [0, 0.1) is 13.8 Å². The maximum absolute atomic E-state index is 5.78.